The molecule has 1 aromatic rings. The quantitative estimate of drug-likeness (QED) is 0.805. The molecule has 0 saturated heterocycles. The van der Waals surface area contributed by atoms with Gasteiger partial charge >= 0.3 is 0 Å². The highest BCUT2D eigenvalue weighted by molar-refractivity contribution is 7.99. The zero-order valence-electron chi connectivity index (χ0n) is 11.3. The molecule has 0 saturated carbocycles. The molecular formula is C14H22N2OS. The van der Waals surface area contributed by atoms with Crippen molar-refractivity contribution < 1.29 is 4.79 Å². The van der Waals surface area contributed by atoms with E-state index in [-0.39, 0.29) is 5.91 Å². The summed E-state index contributed by atoms with van der Waals surface area (Å²) in [7, 11) is 1.81. The van der Waals surface area contributed by atoms with E-state index >= 15 is 0 Å². The zero-order valence-corrected chi connectivity index (χ0v) is 12.2. The minimum absolute atomic E-state index is 0.115. The minimum atomic E-state index is 0.115. The van der Waals surface area contributed by atoms with Gasteiger partial charge < -0.3 is 10.6 Å². The fourth-order valence-corrected chi connectivity index (χ4v) is 2.42. The third-order valence-corrected chi connectivity index (χ3v) is 3.58. The molecule has 0 atom stereocenters. The van der Waals surface area contributed by atoms with Crippen LogP contribution in [0.25, 0.3) is 0 Å². The van der Waals surface area contributed by atoms with Crippen molar-refractivity contribution in [3.8, 4) is 0 Å². The molecule has 3 nitrogen and oxygen atoms in total. The van der Waals surface area contributed by atoms with Gasteiger partial charge in [0.15, 0.2) is 0 Å². The number of benzene rings is 1. The number of carbonyl (C=O) groups is 1. The first kappa shape index (κ1) is 15.1. The van der Waals surface area contributed by atoms with Crippen molar-refractivity contribution in [2.45, 2.75) is 36.8 Å². The molecule has 0 aliphatic carbocycles. The molecule has 0 aliphatic heterocycles. The van der Waals surface area contributed by atoms with Gasteiger partial charge in [0.1, 0.15) is 0 Å². The summed E-state index contributed by atoms with van der Waals surface area (Å²) in [4.78, 5) is 14.8. The van der Waals surface area contributed by atoms with E-state index in [9.17, 15) is 4.79 Å². The number of rotatable bonds is 6. The summed E-state index contributed by atoms with van der Waals surface area (Å²) in [5.74, 6) is 0.115. The lowest BCUT2D eigenvalue weighted by Crippen LogP contribution is -2.26. The molecule has 0 heterocycles. The van der Waals surface area contributed by atoms with Crippen molar-refractivity contribution in [3.63, 3.8) is 0 Å². The van der Waals surface area contributed by atoms with E-state index in [1.807, 2.05) is 30.9 Å². The molecule has 0 aromatic heterocycles. The van der Waals surface area contributed by atoms with Crippen LogP contribution in [0.2, 0.25) is 0 Å². The van der Waals surface area contributed by atoms with Crippen molar-refractivity contribution in [3.05, 3.63) is 24.3 Å². The van der Waals surface area contributed by atoms with Crippen LogP contribution < -0.4 is 10.6 Å². The average Bonchev–Trinajstić information content (AvgIpc) is 2.35. The minimum Gasteiger partial charge on any atom is -0.330 e. The molecule has 18 heavy (non-hydrogen) atoms. The van der Waals surface area contributed by atoms with Crippen LogP contribution in [0.5, 0.6) is 0 Å². The molecule has 0 bridgehead atoms. The maximum absolute atomic E-state index is 11.8. The van der Waals surface area contributed by atoms with Crippen LogP contribution in [-0.4, -0.2) is 24.7 Å². The normalized spacial score (nSPS) is 10.7. The summed E-state index contributed by atoms with van der Waals surface area (Å²) < 4.78 is 0. The van der Waals surface area contributed by atoms with E-state index in [1.54, 1.807) is 4.90 Å². The van der Waals surface area contributed by atoms with Gasteiger partial charge in [0.25, 0.3) is 0 Å². The largest absolute Gasteiger partial charge is 0.330 e. The van der Waals surface area contributed by atoms with Crippen molar-refractivity contribution in [2.75, 3.05) is 18.5 Å². The molecule has 0 spiro atoms. The van der Waals surface area contributed by atoms with Crippen LogP contribution in [0, 0.1) is 0 Å². The average molecular weight is 266 g/mol. The van der Waals surface area contributed by atoms with Gasteiger partial charge in [0.2, 0.25) is 5.91 Å². The standard InChI is InChI=1S/C14H22N2OS/c1-11(2)18-13-8-6-12(7-9-13)16(3)14(17)5-4-10-15/h6-9,11H,4-5,10,15H2,1-3H3. The summed E-state index contributed by atoms with van der Waals surface area (Å²) >= 11 is 1.82. The highest BCUT2D eigenvalue weighted by Crippen LogP contribution is 2.25. The maximum atomic E-state index is 11.8. The van der Waals surface area contributed by atoms with Crippen molar-refractivity contribution >= 4 is 23.4 Å². The molecule has 1 amide bonds. The Kier molecular flexibility index (Phi) is 6.22. The smallest absolute Gasteiger partial charge is 0.226 e. The van der Waals surface area contributed by atoms with E-state index in [0.717, 1.165) is 12.1 Å². The van der Waals surface area contributed by atoms with Gasteiger partial charge in [-0.2, -0.15) is 0 Å². The Morgan fingerprint density at radius 2 is 1.94 bits per heavy atom. The summed E-state index contributed by atoms with van der Waals surface area (Å²) in [5.41, 5.74) is 6.34. The Morgan fingerprint density at radius 3 is 2.44 bits per heavy atom. The predicted molar refractivity (Wildman–Crippen MR) is 79.1 cm³/mol. The molecule has 100 valence electrons. The number of hydrogen-bond acceptors (Lipinski definition) is 3. The molecule has 0 radical (unpaired) electrons. The molecule has 0 unspecified atom stereocenters. The van der Waals surface area contributed by atoms with E-state index < -0.39 is 0 Å². The lowest BCUT2D eigenvalue weighted by Gasteiger charge is -2.17. The molecule has 1 aromatic carbocycles. The summed E-state index contributed by atoms with van der Waals surface area (Å²) in [6.07, 6.45) is 1.25. The van der Waals surface area contributed by atoms with Crippen LogP contribution in [-0.2, 0) is 4.79 Å². The molecule has 1 rings (SSSR count). The SMILES string of the molecule is CC(C)Sc1ccc(N(C)C(=O)CCCN)cc1. The zero-order chi connectivity index (χ0) is 13.5. The Balaban J connectivity index is 2.63. The van der Waals surface area contributed by atoms with E-state index in [4.69, 9.17) is 5.73 Å². The van der Waals surface area contributed by atoms with Crippen LogP contribution in [0.15, 0.2) is 29.2 Å². The van der Waals surface area contributed by atoms with Gasteiger partial charge in [-0.15, -0.1) is 11.8 Å². The lowest BCUT2D eigenvalue weighted by atomic mass is 10.2. The van der Waals surface area contributed by atoms with Crippen molar-refractivity contribution in [2.24, 2.45) is 5.73 Å². The van der Waals surface area contributed by atoms with E-state index in [0.29, 0.717) is 18.2 Å². The molecule has 0 fully saturated rings. The number of nitrogens with zero attached hydrogens (tertiary/aromatic N) is 1. The molecule has 0 aliphatic rings. The monoisotopic (exact) mass is 266 g/mol. The highest BCUT2D eigenvalue weighted by Gasteiger charge is 2.10. The second-order valence-electron chi connectivity index (χ2n) is 4.51. The van der Waals surface area contributed by atoms with Crippen LogP contribution in [0.3, 0.4) is 0 Å². The second kappa shape index (κ2) is 7.44. The number of amides is 1. The molecule has 4 heteroatoms. The third kappa shape index (κ3) is 4.70. The summed E-state index contributed by atoms with van der Waals surface area (Å²) in [6.45, 7) is 4.89. The third-order valence-electron chi connectivity index (χ3n) is 2.56. The fraction of sp³-hybridized carbons (Fsp3) is 0.500. The predicted octanol–water partition coefficient (Wildman–Crippen LogP) is 2.89. The number of carbonyl (C=O) groups excluding carboxylic acids is 1. The second-order valence-corrected chi connectivity index (χ2v) is 6.16. The first-order valence-corrected chi connectivity index (χ1v) is 7.16. The number of thioether (sulfide) groups is 1. The summed E-state index contributed by atoms with van der Waals surface area (Å²) in [5, 5.41) is 0.569. The Labute approximate surface area is 114 Å². The van der Waals surface area contributed by atoms with Crippen LogP contribution >= 0.6 is 11.8 Å². The van der Waals surface area contributed by atoms with Crippen LogP contribution in [0.4, 0.5) is 5.69 Å². The number of anilines is 1. The van der Waals surface area contributed by atoms with E-state index in [2.05, 4.69) is 26.0 Å². The van der Waals surface area contributed by atoms with Gasteiger partial charge in [-0.25, -0.2) is 0 Å². The number of hydrogen-bond donors (Lipinski definition) is 1. The van der Waals surface area contributed by atoms with Gasteiger partial charge in [0.05, 0.1) is 0 Å². The van der Waals surface area contributed by atoms with Gasteiger partial charge in [-0.05, 0) is 37.2 Å². The van der Waals surface area contributed by atoms with Gasteiger partial charge in [-0.1, -0.05) is 13.8 Å². The van der Waals surface area contributed by atoms with Crippen molar-refractivity contribution in [1.82, 2.24) is 0 Å². The Bertz CT molecular complexity index is 376. The lowest BCUT2D eigenvalue weighted by molar-refractivity contribution is -0.118. The molecular weight excluding hydrogens is 244 g/mol. The first-order chi connectivity index (χ1) is 8.54. The topological polar surface area (TPSA) is 46.3 Å². The summed E-state index contributed by atoms with van der Waals surface area (Å²) in [6, 6.07) is 8.11. The highest BCUT2D eigenvalue weighted by atomic mass is 32.2. The van der Waals surface area contributed by atoms with Crippen LogP contribution in [0.1, 0.15) is 26.7 Å². The maximum Gasteiger partial charge on any atom is 0.226 e. The van der Waals surface area contributed by atoms with Gasteiger partial charge in [0, 0.05) is 29.3 Å². The Morgan fingerprint density at radius 1 is 1.33 bits per heavy atom. The first-order valence-electron chi connectivity index (χ1n) is 6.28. The number of nitrogens with two attached hydrogens (primary N) is 1. The van der Waals surface area contributed by atoms with E-state index in [1.165, 1.54) is 4.90 Å². The molecule has 2 N–H and O–H groups in total. The van der Waals surface area contributed by atoms with Crippen molar-refractivity contribution in [1.29, 1.82) is 0 Å². The Hall–Kier alpha value is -1.00. The van der Waals surface area contributed by atoms with Gasteiger partial charge in [-0.3, -0.25) is 4.79 Å². The fourth-order valence-electron chi connectivity index (χ4n) is 1.59.